The first-order valence-electron chi connectivity index (χ1n) is 10.8. The Morgan fingerprint density at radius 1 is 0.941 bits per heavy atom. The van der Waals surface area contributed by atoms with Crippen molar-refractivity contribution in [2.75, 3.05) is 11.5 Å². The number of aromatic hydroxyl groups is 1. The van der Waals surface area contributed by atoms with Gasteiger partial charge in [-0.25, -0.2) is 9.18 Å². The number of aliphatic hydroxyl groups excluding tert-OH is 1. The van der Waals surface area contributed by atoms with Gasteiger partial charge in [0, 0.05) is 5.69 Å². The summed E-state index contributed by atoms with van der Waals surface area (Å²) in [5.41, 5.74) is 1.07. The van der Waals surface area contributed by atoms with Crippen LogP contribution in [0.4, 0.5) is 14.9 Å². The molecule has 1 aliphatic heterocycles. The summed E-state index contributed by atoms with van der Waals surface area (Å²) in [5, 5.41) is 22.8. The molecule has 34 heavy (non-hydrogen) atoms. The number of carbonyl (C=O) groups excluding carboxylic acids is 1. The van der Waals surface area contributed by atoms with Crippen LogP contribution in [0.15, 0.2) is 91.0 Å². The number of phenolic OH excluding ortho intramolecular Hbond substituents is 1. The van der Waals surface area contributed by atoms with Gasteiger partial charge in [-0.15, -0.1) is 0 Å². The van der Waals surface area contributed by atoms with Gasteiger partial charge in [0.15, 0.2) is 6.10 Å². The quantitative estimate of drug-likeness (QED) is 0.415. The number of amides is 1. The molecule has 3 atom stereocenters. The number of nitrogens with zero attached hydrogens (tertiary/aromatic N) is 1. The van der Waals surface area contributed by atoms with E-state index in [1.54, 1.807) is 12.1 Å². The first-order chi connectivity index (χ1) is 16.5. The Bertz CT molecular complexity index is 1310. The lowest BCUT2D eigenvalue weighted by Gasteiger charge is -2.27. The van der Waals surface area contributed by atoms with Gasteiger partial charge in [0.05, 0.1) is 0 Å². The van der Waals surface area contributed by atoms with Crippen molar-refractivity contribution in [2.45, 2.75) is 18.2 Å². The van der Waals surface area contributed by atoms with Crippen LogP contribution in [0.25, 0.3) is 10.8 Å². The molecular formula is C27H22FNO5. The van der Waals surface area contributed by atoms with Crippen LogP contribution >= 0.6 is 0 Å². The normalized spacial score (nSPS) is 18.6. The first kappa shape index (κ1) is 21.7. The molecule has 1 amide bonds. The minimum atomic E-state index is -1.15. The van der Waals surface area contributed by atoms with Crippen molar-refractivity contribution < 1.29 is 28.9 Å². The maximum absolute atomic E-state index is 13.5. The Morgan fingerprint density at radius 3 is 2.38 bits per heavy atom. The summed E-state index contributed by atoms with van der Waals surface area (Å²) in [7, 11) is 0. The summed E-state index contributed by atoms with van der Waals surface area (Å²) in [4.78, 5) is 14.2. The maximum Gasteiger partial charge on any atom is 0.415 e. The third kappa shape index (κ3) is 4.25. The van der Waals surface area contributed by atoms with Crippen LogP contribution < -0.4 is 9.64 Å². The third-order valence-corrected chi connectivity index (χ3v) is 5.88. The lowest BCUT2D eigenvalue weighted by molar-refractivity contribution is -0.00643. The Balaban J connectivity index is 1.41. The highest BCUT2D eigenvalue weighted by Gasteiger charge is 2.47. The SMILES string of the molecule is O=C1OC(C(O)COc2ccc3ccccc3c2)C(c2ccc(O)cc2)N1c1ccc(F)cc1. The van der Waals surface area contributed by atoms with Crippen molar-refractivity contribution in [2.24, 2.45) is 0 Å². The van der Waals surface area contributed by atoms with E-state index in [0.29, 0.717) is 17.0 Å². The van der Waals surface area contributed by atoms with Gasteiger partial charge in [0.2, 0.25) is 0 Å². The Morgan fingerprint density at radius 2 is 1.65 bits per heavy atom. The maximum atomic E-state index is 13.5. The summed E-state index contributed by atoms with van der Waals surface area (Å²) in [6, 6.07) is 24.5. The lowest BCUT2D eigenvalue weighted by Crippen LogP contribution is -2.38. The smallest absolute Gasteiger partial charge is 0.415 e. The molecule has 1 aliphatic rings. The second-order valence-corrected chi connectivity index (χ2v) is 8.12. The molecule has 0 aromatic heterocycles. The van der Waals surface area contributed by atoms with Gasteiger partial charge in [-0.1, -0.05) is 42.5 Å². The molecule has 0 radical (unpaired) electrons. The van der Waals surface area contributed by atoms with Crippen LogP contribution in [-0.2, 0) is 4.74 Å². The van der Waals surface area contributed by atoms with Gasteiger partial charge < -0.3 is 19.7 Å². The number of benzene rings is 4. The number of hydrogen-bond acceptors (Lipinski definition) is 5. The molecular weight excluding hydrogens is 437 g/mol. The highest BCUT2D eigenvalue weighted by Crippen LogP contribution is 2.39. The number of aliphatic hydroxyl groups is 1. The fraction of sp³-hybridized carbons (Fsp3) is 0.148. The molecule has 0 saturated carbocycles. The first-order valence-corrected chi connectivity index (χ1v) is 10.8. The average molecular weight is 459 g/mol. The predicted octanol–water partition coefficient (Wildman–Crippen LogP) is 5.19. The van der Waals surface area contributed by atoms with E-state index in [9.17, 15) is 19.4 Å². The highest BCUT2D eigenvalue weighted by molar-refractivity contribution is 5.91. The van der Waals surface area contributed by atoms with Crippen molar-refractivity contribution in [3.05, 3.63) is 102 Å². The number of rotatable bonds is 6. The molecule has 1 heterocycles. The number of fused-ring (bicyclic) bond motifs is 1. The Kier molecular flexibility index (Phi) is 5.77. The van der Waals surface area contributed by atoms with Crippen LogP contribution in [0, 0.1) is 5.82 Å². The van der Waals surface area contributed by atoms with E-state index in [1.165, 1.54) is 41.3 Å². The van der Waals surface area contributed by atoms with Gasteiger partial charge in [-0.3, -0.25) is 4.90 Å². The number of ether oxygens (including phenoxy) is 2. The van der Waals surface area contributed by atoms with Crippen LogP contribution in [0.5, 0.6) is 11.5 Å². The summed E-state index contributed by atoms with van der Waals surface area (Å²) < 4.78 is 24.9. The molecule has 172 valence electrons. The van der Waals surface area contributed by atoms with Crippen molar-refractivity contribution in [1.82, 2.24) is 0 Å². The van der Waals surface area contributed by atoms with E-state index in [4.69, 9.17) is 9.47 Å². The summed E-state index contributed by atoms with van der Waals surface area (Å²) in [6.45, 7) is -0.109. The second kappa shape index (κ2) is 9.03. The zero-order valence-corrected chi connectivity index (χ0v) is 18.0. The van der Waals surface area contributed by atoms with E-state index in [1.807, 2.05) is 42.5 Å². The number of phenols is 1. The largest absolute Gasteiger partial charge is 0.508 e. The number of hydrogen-bond donors (Lipinski definition) is 2. The van der Waals surface area contributed by atoms with E-state index in [0.717, 1.165) is 10.8 Å². The fourth-order valence-electron chi connectivity index (χ4n) is 4.20. The molecule has 2 N–H and O–H groups in total. The Labute approximate surface area is 195 Å². The van der Waals surface area contributed by atoms with Crippen LogP contribution in [0.3, 0.4) is 0 Å². The zero-order chi connectivity index (χ0) is 23.7. The predicted molar refractivity (Wildman–Crippen MR) is 125 cm³/mol. The number of halogens is 1. The monoisotopic (exact) mass is 459 g/mol. The fourth-order valence-corrected chi connectivity index (χ4v) is 4.20. The van der Waals surface area contributed by atoms with E-state index in [2.05, 4.69) is 0 Å². The number of carbonyl (C=O) groups is 1. The molecule has 3 unspecified atom stereocenters. The van der Waals surface area contributed by atoms with Crippen LogP contribution in [-0.4, -0.2) is 35.1 Å². The minimum absolute atomic E-state index is 0.0686. The van der Waals surface area contributed by atoms with E-state index < -0.39 is 30.2 Å². The zero-order valence-electron chi connectivity index (χ0n) is 18.0. The molecule has 7 heteroatoms. The molecule has 0 bridgehead atoms. The van der Waals surface area contributed by atoms with Gasteiger partial charge in [0.25, 0.3) is 0 Å². The average Bonchev–Trinajstić information content (AvgIpc) is 3.20. The molecule has 4 aromatic rings. The van der Waals surface area contributed by atoms with Crippen LogP contribution in [0.2, 0.25) is 0 Å². The van der Waals surface area contributed by atoms with E-state index >= 15 is 0 Å². The van der Waals surface area contributed by atoms with Gasteiger partial charge in [-0.2, -0.15) is 0 Å². The van der Waals surface area contributed by atoms with E-state index in [-0.39, 0.29) is 12.4 Å². The molecule has 1 fully saturated rings. The Hall–Kier alpha value is -4.10. The highest BCUT2D eigenvalue weighted by atomic mass is 19.1. The van der Waals surface area contributed by atoms with Gasteiger partial charge in [0.1, 0.15) is 36.1 Å². The van der Waals surface area contributed by atoms with Crippen molar-refractivity contribution in [1.29, 1.82) is 0 Å². The second-order valence-electron chi connectivity index (χ2n) is 8.12. The standard InChI is InChI=1S/C27H22FNO5/c28-20-8-10-21(11-9-20)29-25(18-5-12-22(30)13-6-18)26(34-27(29)32)24(31)16-33-23-14-7-17-3-1-2-4-19(17)15-23/h1-15,24-26,30-31H,16H2. The molecule has 0 spiro atoms. The molecule has 6 nitrogen and oxygen atoms in total. The number of anilines is 1. The van der Waals surface area contributed by atoms with Crippen LogP contribution in [0.1, 0.15) is 11.6 Å². The summed E-state index contributed by atoms with van der Waals surface area (Å²) in [5.74, 6) is 0.218. The topological polar surface area (TPSA) is 79.2 Å². The van der Waals surface area contributed by atoms with Crippen molar-refractivity contribution in [3.63, 3.8) is 0 Å². The summed E-state index contributed by atoms with van der Waals surface area (Å²) >= 11 is 0. The summed E-state index contributed by atoms with van der Waals surface area (Å²) in [6.07, 6.45) is -2.78. The third-order valence-electron chi connectivity index (χ3n) is 5.88. The molecule has 0 aliphatic carbocycles. The molecule has 5 rings (SSSR count). The van der Waals surface area contributed by atoms with Gasteiger partial charge in [-0.05, 0) is 64.9 Å². The number of cyclic esters (lactones) is 1. The molecule has 1 saturated heterocycles. The minimum Gasteiger partial charge on any atom is -0.508 e. The van der Waals surface area contributed by atoms with Gasteiger partial charge >= 0.3 is 6.09 Å². The molecule has 4 aromatic carbocycles. The van der Waals surface area contributed by atoms with Crippen molar-refractivity contribution >= 4 is 22.6 Å². The lowest BCUT2D eigenvalue weighted by atomic mass is 9.96. The van der Waals surface area contributed by atoms with Crippen molar-refractivity contribution in [3.8, 4) is 11.5 Å².